The number of hydrogen-bond acceptors (Lipinski definition) is 3. The zero-order valence-corrected chi connectivity index (χ0v) is 15.5. The van der Waals surface area contributed by atoms with Gasteiger partial charge in [-0.3, -0.25) is 9.59 Å². The molecule has 5 nitrogen and oxygen atoms in total. The highest BCUT2D eigenvalue weighted by Crippen LogP contribution is 2.22. The van der Waals surface area contributed by atoms with Crippen LogP contribution in [0.4, 0.5) is 4.39 Å². The van der Waals surface area contributed by atoms with Gasteiger partial charge in [0.1, 0.15) is 5.82 Å². The molecule has 2 aliphatic heterocycles. The van der Waals surface area contributed by atoms with E-state index in [0.29, 0.717) is 30.7 Å². The van der Waals surface area contributed by atoms with Gasteiger partial charge in [0.2, 0.25) is 5.91 Å². The minimum Gasteiger partial charge on any atom is -0.336 e. The molecular formula is C16H20BrClFN3O2. The second kappa shape index (κ2) is 8.27. The average molecular weight is 421 g/mol. The van der Waals surface area contributed by atoms with Gasteiger partial charge in [-0.05, 0) is 31.0 Å². The average Bonchev–Trinajstić information content (AvgIpc) is 2.57. The monoisotopic (exact) mass is 419 g/mol. The van der Waals surface area contributed by atoms with Crippen LogP contribution in [-0.4, -0.2) is 60.4 Å². The van der Waals surface area contributed by atoms with Crippen molar-refractivity contribution in [2.24, 2.45) is 0 Å². The van der Waals surface area contributed by atoms with Gasteiger partial charge in [0.25, 0.3) is 5.91 Å². The third kappa shape index (κ3) is 4.07. The number of hydrogen-bond donors (Lipinski definition) is 1. The van der Waals surface area contributed by atoms with Gasteiger partial charge in [-0.1, -0.05) is 15.9 Å². The Balaban J connectivity index is 0.00000208. The van der Waals surface area contributed by atoms with Crippen LogP contribution in [0, 0.1) is 5.82 Å². The van der Waals surface area contributed by atoms with Crippen molar-refractivity contribution in [2.75, 3.05) is 32.7 Å². The predicted octanol–water partition coefficient (Wildman–Crippen LogP) is 2.05. The number of carbonyl (C=O) groups is 2. The number of piperazine rings is 1. The van der Waals surface area contributed by atoms with Crippen LogP contribution in [0.1, 0.15) is 23.2 Å². The molecule has 0 radical (unpaired) electrons. The smallest absolute Gasteiger partial charge is 0.256 e. The second-order valence-electron chi connectivity index (χ2n) is 5.94. The summed E-state index contributed by atoms with van der Waals surface area (Å²) in [6.07, 6.45) is 1.71. The van der Waals surface area contributed by atoms with Gasteiger partial charge in [-0.25, -0.2) is 4.39 Å². The molecular weight excluding hydrogens is 401 g/mol. The lowest BCUT2D eigenvalue weighted by Crippen LogP contribution is -2.57. The van der Waals surface area contributed by atoms with Crippen molar-refractivity contribution < 1.29 is 14.0 Å². The number of carbonyl (C=O) groups excluding carboxylic acids is 2. The Morgan fingerprint density at radius 3 is 2.88 bits per heavy atom. The first-order chi connectivity index (χ1) is 11.1. The lowest BCUT2D eigenvalue weighted by Gasteiger charge is -2.41. The molecule has 0 aromatic heterocycles. The fourth-order valence-electron chi connectivity index (χ4n) is 3.23. The Kier molecular flexibility index (Phi) is 6.60. The summed E-state index contributed by atoms with van der Waals surface area (Å²) in [5.41, 5.74) is 0.0756. The summed E-state index contributed by atoms with van der Waals surface area (Å²) < 4.78 is 14.6. The van der Waals surface area contributed by atoms with Crippen molar-refractivity contribution in [3.8, 4) is 0 Å². The molecule has 8 heteroatoms. The Hall–Kier alpha value is -1.18. The van der Waals surface area contributed by atoms with E-state index in [9.17, 15) is 14.0 Å². The number of nitrogens with zero attached hydrogens (tertiary/aromatic N) is 2. The molecule has 2 amide bonds. The van der Waals surface area contributed by atoms with Crippen LogP contribution < -0.4 is 5.32 Å². The van der Waals surface area contributed by atoms with Crippen molar-refractivity contribution in [3.63, 3.8) is 0 Å². The molecule has 1 aromatic rings. The molecule has 132 valence electrons. The summed E-state index contributed by atoms with van der Waals surface area (Å²) in [7, 11) is 0. The number of piperidine rings is 1. The van der Waals surface area contributed by atoms with Gasteiger partial charge in [-0.15, -0.1) is 12.4 Å². The number of halogens is 3. The van der Waals surface area contributed by atoms with Crippen molar-refractivity contribution in [1.82, 2.24) is 15.1 Å². The highest BCUT2D eigenvalue weighted by molar-refractivity contribution is 9.10. The predicted molar refractivity (Wildman–Crippen MR) is 94.9 cm³/mol. The van der Waals surface area contributed by atoms with E-state index < -0.39 is 5.82 Å². The molecule has 1 unspecified atom stereocenters. The highest BCUT2D eigenvalue weighted by atomic mass is 79.9. The Morgan fingerprint density at radius 2 is 2.12 bits per heavy atom. The molecule has 0 bridgehead atoms. The van der Waals surface area contributed by atoms with E-state index in [0.717, 1.165) is 19.4 Å². The van der Waals surface area contributed by atoms with Crippen molar-refractivity contribution in [2.45, 2.75) is 18.9 Å². The lowest BCUT2D eigenvalue weighted by molar-refractivity contribution is -0.135. The van der Waals surface area contributed by atoms with E-state index in [1.165, 1.54) is 12.1 Å². The minimum atomic E-state index is -0.515. The summed E-state index contributed by atoms with van der Waals surface area (Å²) in [5, 5.41) is 3.05. The quantitative estimate of drug-likeness (QED) is 0.797. The van der Waals surface area contributed by atoms with E-state index in [-0.39, 0.29) is 35.8 Å². The van der Waals surface area contributed by atoms with Gasteiger partial charge in [0, 0.05) is 36.7 Å². The Labute approximate surface area is 155 Å². The van der Waals surface area contributed by atoms with Gasteiger partial charge >= 0.3 is 0 Å². The SMILES string of the molecule is Cl.O=C(c1cc(Br)ccc1F)N1CCCC(N2CCNCC2=O)C1. The standard InChI is InChI=1S/C16H19BrFN3O2.ClH/c17-11-3-4-14(18)13(8-11)16(23)20-6-1-2-12(10-20)21-7-5-19-9-15(21)22;/h3-4,8,12,19H,1-2,5-7,9-10H2;1H. The fourth-order valence-corrected chi connectivity index (χ4v) is 3.59. The molecule has 1 N–H and O–H groups in total. The van der Waals surface area contributed by atoms with Gasteiger partial charge in [-0.2, -0.15) is 0 Å². The number of benzene rings is 1. The number of nitrogens with one attached hydrogen (secondary N) is 1. The Morgan fingerprint density at radius 1 is 1.33 bits per heavy atom. The molecule has 0 aliphatic carbocycles. The van der Waals surface area contributed by atoms with Crippen molar-refractivity contribution in [3.05, 3.63) is 34.1 Å². The lowest BCUT2D eigenvalue weighted by atomic mass is 10.0. The number of amides is 2. The first kappa shape index (κ1) is 19.1. The zero-order valence-electron chi connectivity index (χ0n) is 13.1. The third-order valence-corrected chi connectivity index (χ3v) is 4.90. The fraction of sp³-hybridized carbons (Fsp3) is 0.500. The minimum absolute atomic E-state index is 0. The molecule has 24 heavy (non-hydrogen) atoms. The molecule has 3 rings (SSSR count). The summed E-state index contributed by atoms with van der Waals surface area (Å²) >= 11 is 3.27. The van der Waals surface area contributed by atoms with Crippen LogP contribution in [-0.2, 0) is 4.79 Å². The first-order valence-electron chi connectivity index (χ1n) is 7.81. The van der Waals surface area contributed by atoms with E-state index >= 15 is 0 Å². The van der Waals surface area contributed by atoms with Gasteiger partial charge in [0.15, 0.2) is 0 Å². The maximum absolute atomic E-state index is 13.9. The molecule has 2 fully saturated rings. The van der Waals surface area contributed by atoms with Crippen molar-refractivity contribution in [1.29, 1.82) is 0 Å². The van der Waals surface area contributed by atoms with E-state index in [4.69, 9.17) is 0 Å². The van der Waals surface area contributed by atoms with Gasteiger partial charge < -0.3 is 15.1 Å². The highest BCUT2D eigenvalue weighted by Gasteiger charge is 2.32. The van der Waals surface area contributed by atoms with Crippen molar-refractivity contribution >= 4 is 40.2 Å². The van der Waals surface area contributed by atoms with E-state index in [2.05, 4.69) is 21.2 Å². The summed E-state index contributed by atoms with van der Waals surface area (Å²) in [4.78, 5) is 28.2. The largest absolute Gasteiger partial charge is 0.336 e. The number of rotatable bonds is 2. The molecule has 2 saturated heterocycles. The maximum Gasteiger partial charge on any atom is 0.256 e. The summed E-state index contributed by atoms with van der Waals surface area (Å²) in [6.45, 7) is 2.86. The van der Waals surface area contributed by atoms with Crippen LogP contribution in [0.2, 0.25) is 0 Å². The van der Waals surface area contributed by atoms with Gasteiger partial charge in [0.05, 0.1) is 12.1 Å². The summed E-state index contributed by atoms with van der Waals surface area (Å²) in [6, 6.07) is 4.40. The van der Waals surface area contributed by atoms with Crippen LogP contribution in [0.3, 0.4) is 0 Å². The van der Waals surface area contributed by atoms with E-state index in [1.807, 2.05) is 4.90 Å². The third-order valence-electron chi connectivity index (χ3n) is 4.41. The molecule has 0 saturated carbocycles. The molecule has 1 aromatic carbocycles. The van der Waals surface area contributed by atoms with Crippen LogP contribution in [0.15, 0.2) is 22.7 Å². The van der Waals surface area contributed by atoms with Crippen LogP contribution in [0.25, 0.3) is 0 Å². The molecule has 2 aliphatic rings. The van der Waals surface area contributed by atoms with Crippen LogP contribution in [0.5, 0.6) is 0 Å². The normalized spacial score (nSPS) is 21.4. The second-order valence-corrected chi connectivity index (χ2v) is 6.85. The zero-order chi connectivity index (χ0) is 16.4. The Bertz CT molecular complexity index is 631. The molecule has 1 atom stereocenters. The molecule has 0 spiro atoms. The molecule has 2 heterocycles. The number of likely N-dealkylation sites (tertiary alicyclic amines) is 1. The summed E-state index contributed by atoms with van der Waals surface area (Å²) in [5.74, 6) is -0.751. The topological polar surface area (TPSA) is 52.7 Å². The first-order valence-corrected chi connectivity index (χ1v) is 8.60. The van der Waals surface area contributed by atoms with E-state index in [1.54, 1.807) is 11.0 Å². The maximum atomic E-state index is 13.9. The van der Waals surface area contributed by atoms with Crippen LogP contribution >= 0.6 is 28.3 Å².